The summed E-state index contributed by atoms with van der Waals surface area (Å²) in [6, 6.07) is 7.84. The predicted molar refractivity (Wildman–Crippen MR) is 90.0 cm³/mol. The van der Waals surface area contributed by atoms with E-state index in [0.29, 0.717) is 5.75 Å². The van der Waals surface area contributed by atoms with Crippen LogP contribution in [0.1, 0.15) is 0 Å². The maximum absolute atomic E-state index is 12.7. The molecule has 0 atom stereocenters. The lowest BCUT2D eigenvalue weighted by atomic mass is 10.3. The monoisotopic (exact) mass is 368 g/mol. The van der Waals surface area contributed by atoms with E-state index >= 15 is 0 Å². The first-order valence-electron chi connectivity index (χ1n) is 6.89. The van der Waals surface area contributed by atoms with E-state index < -0.39 is 14.9 Å². The molecule has 0 spiro atoms. The highest BCUT2D eigenvalue weighted by Crippen LogP contribution is 2.34. The molecule has 2 aromatic rings. The van der Waals surface area contributed by atoms with Crippen molar-refractivity contribution in [2.24, 2.45) is 0 Å². The molecule has 0 aliphatic heterocycles. The molecule has 0 radical (unpaired) electrons. The van der Waals surface area contributed by atoms with Crippen LogP contribution in [0.25, 0.3) is 0 Å². The fourth-order valence-corrected chi connectivity index (χ4v) is 3.30. The maximum Gasteiger partial charge on any atom is 0.273 e. The Bertz CT molecular complexity index is 897. The van der Waals surface area contributed by atoms with Crippen LogP contribution < -0.4 is 18.9 Å². The normalized spacial score (nSPS) is 10.8. The van der Waals surface area contributed by atoms with Gasteiger partial charge in [-0.2, -0.15) is 0 Å². The van der Waals surface area contributed by atoms with Crippen LogP contribution >= 0.6 is 0 Å². The number of hydrogen-bond acceptors (Lipinski definition) is 7. The number of nitrogens with zero attached hydrogens (tertiary/aromatic N) is 1. The van der Waals surface area contributed by atoms with Crippen molar-refractivity contribution < 1.29 is 27.6 Å². The molecule has 0 saturated heterocycles. The second-order valence-electron chi connectivity index (χ2n) is 4.76. The summed E-state index contributed by atoms with van der Waals surface area (Å²) in [7, 11) is -0.0241. The van der Waals surface area contributed by atoms with Gasteiger partial charge < -0.3 is 14.2 Å². The molecular formula is C15H16N2O7S. The highest BCUT2D eigenvalue weighted by Gasteiger charge is 2.23. The zero-order valence-corrected chi connectivity index (χ0v) is 14.5. The molecular weight excluding hydrogens is 352 g/mol. The van der Waals surface area contributed by atoms with E-state index in [1.165, 1.54) is 27.4 Å². The minimum absolute atomic E-state index is 0.149. The summed E-state index contributed by atoms with van der Waals surface area (Å²) in [6.45, 7) is 0. The number of nitro benzene ring substituents is 1. The Labute approximate surface area is 144 Å². The highest BCUT2D eigenvalue weighted by atomic mass is 32.2. The SMILES string of the molecule is COc1ccc(OC)c(NS(=O)(=O)c2ccc([N+](=O)[O-])cc2OC)c1. The van der Waals surface area contributed by atoms with Gasteiger partial charge in [0.1, 0.15) is 22.1 Å². The molecule has 0 aliphatic rings. The third-order valence-corrected chi connectivity index (χ3v) is 4.70. The first-order valence-corrected chi connectivity index (χ1v) is 8.38. The van der Waals surface area contributed by atoms with E-state index in [0.717, 1.165) is 18.2 Å². The number of ether oxygens (including phenoxy) is 3. The van der Waals surface area contributed by atoms with E-state index in [-0.39, 0.29) is 27.8 Å². The van der Waals surface area contributed by atoms with Gasteiger partial charge in [-0.25, -0.2) is 8.42 Å². The number of anilines is 1. The summed E-state index contributed by atoms with van der Waals surface area (Å²) in [5.74, 6) is 0.558. The fourth-order valence-electron chi connectivity index (χ4n) is 2.09. The van der Waals surface area contributed by atoms with Crippen LogP contribution in [-0.4, -0.2) is 34.7 Å². The van der Waals surface area contributed by atoms with Crippen molar-refractivity contribution in [3.8, 4) is 17.2 Å². The van der Waals surface area contributed by atoms with Crippen LogP contribution in [-0.2, 0) is 10.0 Å². The van der Waals surface area contributed by atoms with Gasteiger partial charge in [0, 0.05) is 12.1 Å². The molecule has 10 heteroatoms. The molecule has 0 heterocycles. The van der Waals surface area contributed by atoms with Gasteiger partial charge in [-0.15, -0.1) is 0 Å². The molecule has 0 unspecified atom stereocenters. The molecule has 0 saturated carbocycles. The van der Waals surface area contributed by atoms with Crippen molar-refractivity contribution in [3.05, 3.63) is 46.5 Å². The molecule has 0 fully saturated rings. The predicted octanol–water partition coefficient (Wildman–Crippen LogP) is 2.42. The Morgan fingerprint density at radius 3 is 2.20 bits per heavy atom. The van der Waals surface area contributed by atoms with E-state index in [9.17, 15) is 18.5 Å². The van der Waals surface area contributed by atoms with Crippen molar-refractivity contribution >= 4 is 21.4 Å². The highest BCUT2D eigenvalue weighted by molar-refractivity contribution is 7.92. The Hall–Kier alpha value is -3.01. The number of nitro groups is 1. The van der Waals surface area contributed by atoms with Crippen molar-refractivity contribution in [3.63, 3.8) is 0 Å². The van der Waals surface area contributed by atoms with Crippen LogP contribution in [0.5, 0.6) is 17.2 Å². The number of methoxy groups -OCH3 is 3. The fraction of sp³-hybridized carbons (Fsp3) is 0.200. The Morgan fingerprint density at radius 2 is 1.64 bits per heavy atom. The van der Waals surface area contributed by atoms with Crippen LogP contribution in [0.15, 0.2) is 41.3 Å². The summed E-state index contributed by atoms with van der Waals surface area (Å²) >= 11 is 0. The molecule has 25 heavy (non-hydrogen) atoms. The lowest BCUT2D eigenvalue weighted by molar-refractivity contribution is -0.385. The number of non-ortho nitro benzene ring substituents is 1. The number of hydrogen-bond donors (Lipinski definition) is 1. The molecule has 0 bridgehead atoms. The summed E-state index contributed by atoms with van der Waals surface area (Å²) in [4.78, 5) is 9.94. The lowest BCUT2D eigenvalue weighted by Gasteiger charge is -2.14. The minimum atomic E-state index is -4.09. The van der Waals surface area contributed by atoms with Gasteiger partial charge in [0.15, 0.2) is 0 Å². The van der Waals surface area contributed by atoms with Crippen LogP contribution in [0.4, 0.5) is 11.4 Å². The molecule has 9 nitrogen and oxygen atoms in total. The topological polar surface area (TPSA) is 117 Å². The first-order chi connectivity index (χ1) is 11.8. The van der Waals surface area contributed by atoms with Crippen molar-refractivity contribution in [2.45, 2.75) is 4.90 Å². The first kappa shape index (κ1) is 18.3. The third kappa shape index (κ3) is 3.91. The molecule has 2 aromatic carbocycles. The smallest absolute Gasteiger partial charge is 0.273 e. The average Bonchev–Trinajstić information content (AvgIpc) is 2.60. The van der Waals surface area contributed by atoms with Gasteiger partial charge in [0.05, 0.1) is 38.0 Å². The number of benzene rings is 2. The van der Waals surface area contributed by atoms with Gasteiger partial charge in [-0.3, -0.25) is 14.8 Å². The quantitative estimate of drug-likeness (QED) is 0.589. The summed E-state index contributed by atoms with van der Waals surface area (Å²) in [5.41, 5.74) is -0.128. The molecule has 134 valence electrons. The largest absolute Gasteiger partial charge is 0.497 e. The van der Waals surface area contributed by atoms with Crippen LogP contribution in [0.2, 0.25) is 0 Å². The zero-order valence-electron chi connectivity index (χ0n) is 13.7. The lowest BCUT2D eigenvalue weighted by Crippen LogP contribution is -2.15. The van der Waals surface area contributed by atoms with E-state index in [1.807, 2.05) is 0 Å². The van der Waals surface area contributed by atoms with Gasteiger partial charge in [0.25, 0.3) is 15.7 Å². The summed E-state index contributed by atoms with van der Waals surface area (Å²) in [5, 5.41) is 10.8. The van der Waals surface area contributed by atoms with Crippen molar-refractivity contribution in [1.82, 2.24) is 0 Å². The summed E-state index contributed by atoms with van der Waals surface area (Å²) in [6.07, 6.45) is 0. The number of sulfonamides is 1. The number of rotatable bonds is 7. The third-order valence-electron chi connectivity index (χ3n) is 3.30. The Kier molecular flexibility index (Phi) is 5.32. The molecule has 0 aliphatic carbocycles. The van der Waals surface area contributed by atoms with Crippen molar-refractivity contribution in [1.29, 1.82) is 0 Å². The van der Waals surface area contributed by atoms with Gasteiger partial charge in [-0.05, 0) is 18.2 Å². The molecule has 0 aromatic heterocycles. The minimum Gasteiger partial charge on any atom is -0.497 e. The van der Waals surface area contributed by atoms with Gasteiger partial charge in [-0.1, -0.05) is 0 Å². The van der Waals surface area contributed by atoms with Crippen LogP contribution in [0, 0.1) is 10.1 Å². The van der Waals surface area contributed by atoms with E-state index in [1.54, 1.807) is 12.1 Å². The van der Waals surface area contributed by atoms with E-state index in [2.05, 4.69) is 4.72 Å². The standard InChI is InChI=1S/C15H16N2O7S/c1-22-11-5-6-13(23-2)12(9-11)16-25(20,21)15-7-4-10(17(18)19)8-14(15)24-3/h4-9,16H,1-3H3. The second-order valence-corrected chi connectivity index (χ2v) is 6.41. The Balaban J connectivity index is 2.48. The average molecular weight is 368 g/mol. The Morgan fingerprint density at radius 1 is 0.960 bits per heavy atom. The molecule has 0 amide bonds. The number of nitrogens with one attached hydrogen (secondary N) is 1. The van der Waals surface area contributed by atoms with Gasteiger partial charge in [0.2, 0.25) is 0 Å². The van der Waals surface area contributed by atoms with Crippen molar-refractivity contribution in [2.75, 3.05) is 26.1 Å². The van der Waals surface area contributed by atoms with E-state index in [4.69, 9.17) is 14.2 Å². The molecule has 2 rings (SSSR count). The van der Waals surface area contributed by atoms with Gasteiger partial charge >= 0.3 is 0 Å². The summed E-state index contributed by atoms with van der Waals surface area (Å²) < 4.78 is 42.9. The van der Waals surface area contributed by atoms with Crippen LogP contribution in [0.3, 0.4) is 0 Å². The maximum atomic E-state index is 12.7. The second kappa shape index (κ2) is 7.26. The molecule has 1 N–H and O–H groups in total. The zero-order chi connectivity index (χ0) is 18.6.